The third-order valence-corrected chi connectivity index (χ3v) is 13.4. The van der Waals surface area contributed by atoms with Crippen molar-refractivity contribution in [2.24, 2.45) is 0 Å². The lowest BCUT2D eigenvalue weighted by atomic mass is 9.87. The maximum absolute atomic E-state index is 14.1. The number of hydrogen-bond donors (Lipinski definition) is 3. The summed E-state index contributed by atoms with van der Waals surface area (Å²) >= 11 is 12.5. The van der Waals surface area contributed by atoms with Gasteiger partial charge in [0.1, 0.15) is 29.4 Å². The van der Waals surface area contributed by atoms with E-state index in [1.165, 1.54) is 17.7 Å². The topological polar surface area (TPSA) is 111 Å². The molecule has 17 heteroatoms. The maximum atomic E-state index is 14.1. The summed E-state index contributed by atoms with van der Waals surface area (Å²) in [4.78, 5) is 18.8. The molecular formula is C53H61Cl2F3N6O6. The molecule has 2 aliphatic heterocycles. The molecule has 0 saturated carbocycles. The van der Waals surface area contributed by atoms with Gasteiger partial charge >= 0.3 is 6.36 Å². The van der Waals surface area contributed by atoms with Crippen molar-refractivity contribution in [1.29, 1.82) is 0 Å². The van der Waals surface area contributed by atoms with Gasteiger partial charge in [-0.25, -0.2) is 0 Å². The Morgan fingerprint density at radius 2 is 1.54 bits per heavy atom. The number of carbonyl (C=O) groups excluding carboxylic acids is 1. The van der Waals surface area contributed by atoms with E-state index >= 15 is 0 Å². The van der Waals surface area contributed by atoms with Gasteiger partial charge in [-0.3, -0.25) is 19.9 Å². The lowest BCUT2D eigenvalue weighted by Gasteiger charge is -2.37. The highest BCUT2D eigenvalue weighted by Crippen LogP contribution is 2.35. The summed E-state index contributed by atoms with van der Waals surface area (Å²) in [6.45, 7) is 11.6. The zero-order chi connectivity index (χ0) is 49.7. The number of fused-ring (bicyclic) bond motifs is 1. The van der Waals surface area contributed by atoms with Crippen LogP contribution in [0.5, 0.6) is 28.7 Å². The first-order valence-corrected chi connectivity index (χ1v) is 24.1. The highest BCUT2D eigenvalue weighted by molar-refractivity contribution is 6.34. The number of ether oxygens (including phenoxy) is 5. The summed E-state index contributed by atoms with van der Waals surface area (Å²) in [6.07, 6.45) is 2.50. The number of piperazine rings is 1. The molecule has 4 aromatic carbocycles. The number of rotatable bonds is 22. The summed E-state index contributed by atoms with van der Waals surface area (Å²) in [5.74, 6) is 2.16. The van der Waals surface area contributed by atoms with Crippen molar-refractivity contribution in [2.45, 2.75) is 57.4 Å². The Labute approximate surface area is 417 Å². The average Bonchev–Trinajstić information content (AvgIpc) is 3.73. The summed E-state index contributed by atoms with van der Waals surface area (Å²) in [7, 11) is 4.81. The van der Waals surface area contributed by atoms with Crippen molar-refractivity contribution < 1.29 is 41.7 Å². The van der Waals surface area contributed by atoms with Gasteiger partial charge in [-0.15, -0.1) is 13.2 Å². The second-order valence-electron chi connectivity index (χ2n) is 17.4. The molecule has 5 aromatic rings. The fourth-order valence-electron chi connectivity index (χ4n) is 8.95. The molecule has 12 nitrogen and oxygen atoms in total. The zero-order valence-electron chi connectivity index (χ0n) is 39.8. The van der Waals surface area contributed by atoms with Gasteiger partial charge in [0.25, 0.3) is 0 Å². The molecule has 1 aromatic heterocycles. The number of carbonyl (C=O) groups is 1. The summed E-state index contributed by atoms with van der Waals surface area (Å²) in [5.41, 5.74) is 7.16. The highest BCUT2D eigenvalue weighted by Gasteiger charge is 2.39. The van der Waals surface area contributed by atoms with Crippen molar-refractivity contribution in [1.82, 2.24) is 30.3 Å². The van der Waals surface area contributed by atoms with Gasteiger partial charge in [-0.2, -0.15) is 0 Å². The number of aromatic nitrogens is 1. The van der Waals surface area contributed by atoms with Crippen LogP contribution in [0.25, 0.3) is 22.0 Å². The number of allylic oxidation sites excluding steroid dienone is 2. The van der Waals surface area contributed by atoms with Crippen LogP contribution in [0.4, 0.5) is 13.2 Å². The molecule has 0 unspecified atom stereocenters. The van der Waals surface area contributed by atoms with Crippen molar-refractivity contribution in [3.05, 3.63) is 137 Å². The molecule has 3 N–H and O–H groups in total. The number of piperidine rings is 1. The smallest absolute Gasteiger partial charge is 0.497 e. The van der Waals surface area contributed by atoms with Gasteiger partial charge in [0.2, 0.25) is 5.91 Å². The summed E-state index contributed by atoms with van der Waals surface area (Å²) < 4.78 is 68.1. The minimum absolute atomic E-state index is 0.0522. The first-order chi connectivity index (χ1) is 33.8. The predicted octanol–water partition coefficient (Wildman–Crippen LogP) is 9.78. The van der Waals surface area contributed by atoms with E-state index in [2.05, 4.69) is 59.8 Å². The number of amides is 1. The molecule has 0 atom stereocenters. The first kappa shape index (κ1) is 52.2. The largest absolute Gasteiger partial charge is 0.573 e. The number of alkyl halides is 3. The monoisotopic (exact) mass is 1000 g/mol. The van der Waals surface area contributed by atoms with Crippen LogP contribution >= 0.6 is 23.2 Å². The molecule has 3 heterocycles. The molecule has 0 radical (unpaired) electrons. The van der Waals surface area contributed by atoms with Gasteiger partial charge in [-0.1, -0.05) is 60.1 Å². The van der Waals surface area contributed by atoms with E-state index in [0.29, 0.717) is 86.6 Å². The molecule has 0 spiro atoms. The van der Waals surface area contributed by atoms with Crippen LogP contribution in [-0.2, 0) is 31.0 Å². The molecule has 2 saturated heterocycles. The highest BCUT2D eigenvalue weighted by atomic mass is 35.5. The number of nitrogens with zero attached hydrogens (tertiary/aromatic N) is 3. The third-order valence-electron chi connectivity index (χ3n) is 12.7. The van der Waals surface area contributed by atoms with Gasteiger partial charge in [0.05, 0.1) is 21.3 Å². The maximum Gasteiger partial charge on any atom is 0.573 e. The van der Waals surface area contributed by atoms with Crippen LogP contribution in [0.2, 0.25) is 0 Å². The van der Waals surface area contributed by atoms with Gasteiger partial charge in [0, 0.05) is 98.2 Å². The predicted molar refractivity (Wildman–Crippen MR) is 270 cm³/mol. The van der Waals surface area contributed by atoms with Crippen LogP contribution in [-0.4, -0.2) is 106 Å². The standard InChI is InChI=1S/C53H61Cl2F3N6O6/c1-5-7-47(55)41(31-54)34-63-24-22-62(23-25-63)33-38-8-14-48-45(28-38)46(40-10-12-42(13-11-40)70-53(56,57)58)35-64(48)21-6-18-60-51(65)52(16-19-59-20-17-52)61-32-37-9-15-49(50(29-37)68-4)69-36-39-26-43(66-2)30-44(27-39)67-3/h5,7-15,26-31,35,59,61H,1,6,16-25,32-34,36H2,2-4H3,(H,60,65). The second-order valence-corrected chi connectivity index (χ2v) is 18.0. The van der Waals surface area contributed by atoms with Crippen LogP contribution in [0, 0.1) is 0 Å². The number of halogens is 5. The Bertz CT molecular complexity index is 2600. The minimum Gasteiger partial charge on any atom is -0.497 e. The Morgan fingerprint density at radius 3 is 2.20 bits per heavy atom. The zero-order valence-corrected chi connectivity index (χ0v) is 41.3. The van der Waals surface area contributed by atoms with Crippen molar-refractivity contribution in [3.63, 3.8) is 0 Å². The van der Waals surface area contributed by atoms with E-state index in [1.807, 2.05) is 36.5 Å². The molecule has 7 rings (SSSR count). The second kappa shape index (κ2) is 24.4. The molecule has 374 valence electrons. The van der Waals surface area contributed by atoms with E-state index < -0.39 is 11.9 Å². The lowest BCUT2D eigenvalue weighted by Crippen LogP contribution is -2.61. The molecule has 2 fully saturated rings. The van der Waals surface area contributed by atoms with Crippen molar-refractivity contribution in [3.8, 4) is 39.9 Å². The Morgan fingerprint density at radius 1 is 0.843 bits per heavy atom. The number of nitrogens with one attached hydrogen (secondary N) is 3. The van der Waals surface area contributed by atoms with Gasteiger partial charge in [0.15, 0.2) is 11.5 Å². The Kier molecular flexibility index (Phi) is 18.2. The van der Waals surface area contributed by atoms with Crippen LogP contribution in [0.1, 0.15) is 36.0 Å². The normalized spacial score (nSPS) is 15.9. The number of benzene rings is 4. The van der Waals surface area contributed by atoms with Crippen LogP contribution in [0.3, 0.4) is 0 Å². The minimum atomic E-state index is -4.79. The molecular weight excluding hydrogens is 945 g/mol. The molecule has 70 heavy (non-hydrogen) atoms. The van der Waals surface area contributed by atoms with E-state index in [1.54, 1.807) is 51.7 Å². The quantitative estimate of drug-likeness (QED) is 0.0458. The lowest BCUT2D eigenvalue weighted by molar-refractivity contribution is -0.274. The fourth-order valence-corrected chi connectivity index (χ4v) is 9.40. The van der Waals surface area contributed by atoms with E-state index in [0.717, 1.165) is 77.0 Å². The average molecular weight is 1010 g/mol. The molecule has 0 aliphatic carbocycles. The number of hydrogen-bond acceptors (Lipinski definition) is 10. The third kappa shape index (κ3) is 13.8. The van der Waals surface area contributed by atoms with Crippen molar-refractivity contribution >= 4 is 40.0 Å². The first-order valence-electron chi connectivity index (χ1n) is 23.3. The Hall–Kier alpha value is -5.68. The molecule has 2 aliphatic rings. The number of aryl methyl sites for hydroxylation is 1. The SMILES string of the molecule is C=CC=C(Cl)C(=CCl)CN1CCN(Cc2ccc3c(c2)c(-c2ccc(OC(F)(F)F)cc2)cn3CCCNC(=O)C2(NCc3ccc(OCc4cc(OC)cc(OC)c4)c(OC)c3)CCNCC2)CC1. The molecule has 0 bridgehead atoms. The summed E-state index contributed by atoms with van der Waals surface area (Å²) in [6, 6.07) is 23.7. The molecule has 1 amide bonds. The van der Waals surface area contributed by atoms with E-state index in [4.69, 9.17) is 42.1 Å². The van der Waals surface area contributed by atoms with Crippen molar-refractivity contribution in [2.75, 3.05) is 73.7 Å². The van der Waals surface area contributed by atoms with Crippen LogP contribution in [0.15, 0.2) is 120 Å². The van der Waals surface area contributed by atoms with Crippen LogP contribution < -0.4 is 39.6 Å². The van der Waals surface area contributed by atoms with Gasteiger partial charge in [-0.05, 0) is 115 Å². The Balaban J connectivity index is 0.995. The fraction of sp³-hybridized carbons (Fsp3) is 0.377. The van der Waals surface area contributed by atoms with E-state index in [-0.39, 0.29) is 18.3 Å². The van der Waals surface area contributed by atoms with Gasteiger partial charge < -0.3 is 38.9 Å². The van der Waals surface area contributed by atoms with E-state index in [9.17, 15) is 18.0 Å². The number of methoxy groups -OCH3 is 3. The summed E-state index contributed by atoms with van der Waals surface area (Å²) in [5, 5.41) is 11.8.